The number of nitrogens with zero attached hydrogens (tertiary/aromatic N) is 1. The highest BCUT2D eigenvalue weighted by Gasteiger charge is 2.26. The van der Waals surface area contributed by atoms with Crippen LogP contribution in [0.25, 0.3) is 0 Å². The highest BCUT2D eigenvalue weighted by molar-refractivity contribution is 7.89. The van der Waals surface area contributed by atoms with Crippen molar-refractivity contribution < 1.29 is 17.5 Å². The Bertz CT molecular complexity index is 853. The van der Waals surface area contributed by atoms with Crippen molar-refractivity contribution in [3.8, 4) is 5.75 Å². The molecule has 0 saturated heterocycles. The summed E-state index contributed by atoms with van der Waals surface area (Å²) in [6.07, 6.45) is 1.59. The average molecular weight is 364 g/mol. The number of anilines is 1. The maximum absolute atomic E-state index is 12.9. The third kappa shape index (κ3) is 4.11. The van der Waals surface area contributed by atoms with Crippen molar-refractivity contribution in [2.45, 2.75) is 30.7 Å². The lowest BCUT2D eigenvalue weighted by Crippen LogP contribution is -2.31. The van der Waals surface area contributed by atoms with E-state index in [1.54, 1.807) is 24.3 Å². The molecule has 1 aliphatic rings. The van der Waals surface area contributed by atoms with Gasteiger partial charge in [-0.3, -0.25) is 0 Å². The zero-order chi connectivity index (χ0) is 18.0. The number of benzene rings is 2. The van der Waals surface area contributed by atoms with Gasteiger partial charge in [-0.2, -0.15) is 0 Å². The topological polar surface area (TPSA) is 72.6 Å². The van der Waals surface area contributed by atoms with Crippen molar-refractivity contribution in [2.24, 2.45) is 5.14 Å². The number of fused-ring (bicyclic) bond motifs is 1. The van der Waals surface area contributed by atoms with Gasteiger partial charge >= 0.3 is 0 Å². The maximum atomic E-state index is 12.9. The molecule has 25 heavy (non-hydrogen) atoms. The van der Waals surface area contributed by atoms with Crippen molar-refractivity contribution in [2.75, 3.05) is 18.1 Å². The molecule has 2 aromatic rings. The van der Waals surface area contributed by atoms with Crippen molar-refractivity contribution in [1.82, 2.24) is 0 Å². The van der Waals surface area contributed by atoms with Gasteiger partial charge in [-0.25, -0.2) is 17.9 Å². The molecule has 1 atom stereocenters. The summed E-state index contributed by atoms with van der Waals surface area (Å²) < 4.78 is 41.4. The van der Waals surface area contributed by atoms with Crippen molar-refractivity contribution in [3.05, 3.63) is 53.8 Å². The summed E-state index contributed by atoms with van der Waals surface area (Å²) in [5.74, 6) is 0.364. The number of primary sulfonamides is 1. The van der Waals surface area contributed by atoms with Gasteiger partial charge in [0.25, 0.3) is 0 Å². The minimum absolute atomic E-state index is 0.153. The van der Waals surface area contributed by atoms with Crippen LogP contribution in [0.15, 0.2) is 47.4 Å². The van der Waals surface area contributed by atoms with Gasteiger partial charge in [0.05, 0.1) is 11.5 Å². The van der Waals surface area contributed by atoms with E-state index in [0.717, 1.165) is 30.6 Å². The van der Waals surface area contributed by atoms with Gasteiger partial charge in [0.2, 0.25) is 10.0 Å². The molecule has 1 unspecified atom stereocenters. The summed E-state index contributed by atoms with van der Waals surface area (Å²) in [6, 6.07) is 11.3. The molecule has 0 radical (unpaired) electrons. The van der Waals surface area contributed by atoms with Crippen LogP contribution in [0.5, 0.6) is 5.75 Å². The van der Waals surface area contributed by atoms with E-state index in [9.17, 15) is 12.8 Å². The van der Waals surface area contributed by atoms with E-state index in [1.165, 1.54) is 12.1 Å². The zero-order valence-electron chi connectivity index (χ0n) is 14.0. The van der Waals surface area contributed by atoms with E-state index < -0.39 is 10.0 Å². The second kappa shape index (κ2) is 7.01. The number of halogens is 1. The van der Waals surface area contributed by atoms with E-state index in [-0.39, 0.29) is 16.8 Å². The third-order valence-electron chi connectivity index (χ3n) is 4.36. The first-order valence-electron chi connectivity index (χ1n) is 8.15. The molecule has 0 aromatic heterocycles. The molecule has 1 aliphatic heterocycles. The number of rotatable bonds is 6. The van der Waals surface area contributed by atoms with Crippen LogP contribution in [0.4, 0.5) is 10.1 Å². The summed E-state index contributed by atoms with van der Waals surface area (Å²) in [6.45, 7) is 3.43. The predicted molar refractivity (Wildman–Crippen MR) is 94.8 cm³/mol. The lowest BCUT2D eigenvalue weighted by atomic mass is 10.1. The van der Waals surface area contributed by atoms with Gasteiger partial charge in [-0.15, -0.1) is 0 Å². The predicted octanol–water partition coefficient (Wildman–Crippen LogP) is 2.69. The molecule has 5 nitrogen and oxygen atoms in total. The second-order valence-corrected chi connectivity index (χ2v) is 7.80. The first-order chi connectivity index (χ1) is 11.8. The Kier molecular flexibility index (Phi) is 4.96. The fourth-order valence-electron chi connectivity index (χ4n) is 3.15. The molecule has 2 aromatic carbocycles. The molecular formula is C18H21FN2O3S. The fraction of sp³-hybridized carbons (Fsp3) is 0.333. The third-order valence-corrected chi connectivity index (χ3v) is 5.27. The Morgan fingerprint density at radius 1 is 1.24 bits per heavy atom. The molecule has 1 heterocycles. The molecule has 0 saturated carbocycles. The minimum Gasteiger partial charge on any atom is -0.494 e. The summed E-state index contributed by atoms with van der Waals surface area (Å²) in [5, 5.41) is 5.20. The van der Waals surface area contributed by atoms with Crippen molar-refractivity contribution >= 4 is 15.7 Å². The smallest absolute Gasteiger partial charge is 0.238 e. The van der Waals surface area contributed by atoms with Crippen LogP contribution in [-0.4, -0.2) is 27.6 Å². The van der Waals surface area contributed by atoms with Crippen molar-refractivity contribution in [1.29, 1.82) is 0 Å². The fourth-order valence-corrected chi connectivity index (χ4v) is 3.71. The Morgan fingerprint density at radius 2 is 1.96 bits per heavy atom. The van der Waals surface area contributed by atoms with Gasteiger partial charge in [0.1, 0.15) is 11.6 Å². The number of ether oxygens (including phenoxy) is 1. The molecular weight excluding hydrogens is 343 g/mol. The van der Waals surface area contributed by atoms with Gasteiger partial charge in [0.15, 0.2) is 0 Å². The van der Waals surface area contributed by atoms with Gasteiger partial charge in [-0.1, -0.05) is 0 Å². The molecule has 0 bridgehead atoms. The van der Waals surface area contributed by atoms with E-state index in [4.69, 9.17) is 9.88 Å². The quantitative estimate of drug-likeness (QED) is 0.800. The standard InChI is InChI=1S/C18H21FN2O3S/c1-13-11-14-12-17(25(20,22)23)7-8-18(14)21(13)9-2-10-24-16-5-3-15(19)4-6-16/h3-8,12-13H,2,9-11H2,1H3,(H2,20,22,23). The van der Waals surface area contributed by atoms with Crippen LogP contribution in [0.1, 0.15) is 18.9 Å². The molecule has 0 aliphatic carbocycles. The Labute approximate surface area is 147 Å². The number of hydrogen-bond donors (Lipinski definition) is 1. The number of hydrogen-bond acceptors (Lipinski definition) is 4. The summed E-state index contributed by atoms with van der Waals surface area (Å²) in [5.41, 5.74) is 2.04. The van der Waals surface area contributed by atoms with Crippen LogP contribution in [0, 0.1) is 5.82 Å². The molecule has 3 rings (SSSR count). The normalized spacial score (nSPS) is 16.8. The van der Waals surface area contributed by atoms with E-state index in [1.807, 2.05) is 6.07 Å². The molecule has 134 valence electrons. The highest BCUT2D eigenvalue weighted by Crippen LogP contribution is 2.33. The number of nitrogens with two attached hydrogens (primary N) is 1. The first-order valence-corrected chi connectivity index (χ1v) is 9.70. The van der Waals surface area contributed by atoms with E-state index >= 15 is 0 Å². The molecule has 7 heteroatoms. The lowest BCUT2D eigenvalue weighted by Gasteiger charge is -2.25. The number of sulfonamides is 1. The summed E-state index contributed by atoms with van der Waals surface area (Å²) >= 11 is 0. The molecule has 2 N–H and O–H groups in total. The second-order valence-electron chi connectivity index (χ2n) is 6.24. The monoisotopic (exact) mass is 364 g/mol. The Balaban J connectivity index is 1.60. The maximum Gasteiger partial charge on any atom is 0.238 e. The largest absolute Gasteiger partial charge is 0.494 e. The van der Waals surface area contributed by atoms with Gasteiger partial charge < -0.3 is 9.64 Å². The minimum atomic E-state index is -3.68. The van der Waals surface area contributed by atoms with Crippen LogP contribution in [0.3, 0.4) is 0 Å². The summed E-state index contributed by atoms with van der Waals surface area (Å²) in [4.78, 5) is 2.40. The van der Waals surface area contributed by atoms with Gasteiger partial charge in [-0.05, 0) is 67.8 Å². The van der Waals surface area contributed by atoms with Crippen LogP contribution in [-0.2, 0) is 16.4 Å². The van der Waals surface area contributed by atoms with Gasteiger partial charge in [0, 0.05) is 18.3 Å². The molecule has 0 amide bonds. The van der Waals surface area contributed by atoms with Crippen LogP contribution >= 0.6 is 0 Å². The summed E-state index contributed by atoms with van der Waals surface area (Å²) in [7, 11) is -3.68. The molecule has 0 spiro atoms. The lowest BCUT2D eigenvalue weighted by molar-refractivity contribution is 0.310. The average Bonchev–Trinajstić information content (AvgIpc) is 2.87. The van der Waals surface area contributed by atoms with Crippen LogP contribution < -0.4 is 14.8 Å². The SMILES string of the molecule is CC1Cc2cc(S(N)(=O)=O)ccc2N1CCCOc1ccc(F)cc1. The van der Waals surface area contributed by atoms with Crippen LogP contribution in [0.2, 0.25) is 0 Å². The molecule has 0 fully saturated rings. The van der Waals surface area contributed by atoms with E-state index in [2.05, 4.69) is 11.8 Å². The highest BCUT2D eigenvalue weighted by atomic mass is 32.2. The zero-order valence-corrected chi connectivity index (χ0v) is 14.8. The van der Waals surface area contributed by atoms with Crippen molar-refractivity contribution in [3.63, 3.8) is 0 Å². The van der Waals surface area contributed by atoms with E-state index in [0.29, 0.717) is 12.4 Å². The first kappa shape index (κ1) is 17.7. The Morgan fingerprint density at radius 3 is 2.64 bits per heavy atom. The Hall–Kier alpha value is -2.12.